The average molecular weight is 482 g/mol. The van der Waals surface area contributed by atoms with Crippen molar-refractivity contribution < 1.29 is 18.7 Å². The average Bonchev–Trinajstić information content (AvgIpc) is 3.01. The molecule has 2 aromatic rings. The Balaban J connectivity index is 1.62. The summed E-state index contributed by atoms with van der Waals surface area (Å²) in [4.78, 5) is 28.6. The van der Waals surface area contributed by atoms with E-state index in [1.54, 1.807) is 12.1 Å². The molecular formula is C20H23IN2O4. The van der Waals surface area contributed by atoms with Crippen LogP contribution in [0.3, 0.4) is 0 Å². The van der Waals surface area contributed by atoms with Gasteiger partial charge in [0.1, 0.15) is 5.76 Å². The highest BCUT2D eigenvalue weighted by molar-refractivity contribution is 14.1. The van der Waals surface area contributed by atoms with Gasteiger partial charge in [-0.25, -0.2) is 4.79 Å². The van der Waals surface area contributed by atoms with Crippen LogP contribution in [0.25, 0.3) is 0 Å². The van der Waals surface area contributed by atoms with Crippen molar-refractivity contribution >= 4 is 34.5 Å². The molecular weight excluding hydrogens is 459 g/mol. The number of hydrogen-bond donors (Lipinski definition) is 0. The van der Waals surface area contributed by atoms with Gasteiger partial charge in [-0.05, 0) is 59.7 Å². The maximum absolute atomic E-state index is 12.9. The van der Waals surface area contributed by atoms with Gasteiger partial charge in [0.15, 0.2) is 0 Å². The summed E-state index contributed by atoms with van der Waals surface area (Å²) in [6.45, 7) is 5.69. The first-order chi connectivity index (χ1) is 13.0. The Morgan fingerprint density at radius 2 is 1.96 bits per heavy atom. The number of esters is 1. The molecule has 1 saturated heterocycles. The number of ether oxygens (including phenoxy) is 1. The summed E-state index contributed by atoms with van der Waals surface area (Å²) < 4.78 is 11.2. The van der Waals surface area contributed by atoms with Crippen molar-refractivity contribution in [3.63, 3.8) is 0 Å². The molecule has 144 valence electrons. The fraction of sp³-hybridized carbons (Fsp3) is 0.400. The van der Waals surface area contributed by atoms with E-state index in [2.05, 4.69) is 32.2 Å². The van der Waals surface area contributed by atoms with Crippen LogP contribution in [0, 0.1) is 10.5 Å². The van der Waals surface area contributed by atoms with Crippen molar-refractivity contribution in [1.29, 1.82) is 0 Å². The molecule has 3 rings (SSSR count). The summed E-state index contributed by atoms with van der Waals surface area (Å²) in [5.74, 6) is 0.564. The van der Waals surface area contributed by atoms with Crippen LogP contribution in [0.4, 0.5) is 0 Å². The number of furan rings is 1. The number of hydrogen-bond acceptors (Lipinski definition) is 5. The first-order valence-corrected chi connectivity index (χ1v) is 10.0. The third-order valence-electron chi connectivity index (χ3n) is 4.73. The molecule has 2 heterocycles. The van der Waals surface area contributed by atoms with Gasteiger partial charge in [-0.15, -0.1) is 0 Å². The fourth-order valence-corrected chi connectivity index (χ4v) is 3.80. The lowest BCUT2D eigenvalue weighted by Crippen LogP contribution is -2.35. The summed E-state index contributed by atoms with van der Waals surface area (Å²) in [5, 5.41) is 0. The number of methoxy groups -OCH3 is 1. The number of carbonyl (C=O) groups excluding carboxylic acids is 2. The van der Waals surface area contributed by atoms with Gasteiger partial charge in [-0.2, -0.15) is 0 Å². The van der Waals surface area contributed by atoms with Gasteiger partial charge in [0, 0.05) is 29.7 Å². The molecule has 1 aromatic heterocycles. The van der Waals surface area contributed by atoms with E-state index in [4.69, 9.17) is 4.42 Å². The third-order valence-corrected chi connectivity index (χ3v) is 6.16. The second-order valence-corrected chi connectivity index (χ2v) is 7.69. The zero-order chi connectivity index (χ0) is 19.4. The van der Waals surface area contributed by atoms with Crippen LogP contribution in [0.5, 0.6) is 0 Å². The number of rotatable bonds is 4. The van der Waals surface area contributed by atoms with E-state index in [1.807, 2.05) is 30.0 Å². The number of carbonyl (C=O) groups is 2. The lowest BCUT2D eigenvalue weighted by molar-refractivity contribution is 0.0560. The number of amides is 1. The van der Waals surface area contributed by atoms with Crippen molar-refractivity contribution in [3.05, 3.63) is 56.5 Å². The molecule has 1 amide bonds. The Labute approximate surface area is 172 Å². The number of aryl methyl sites for hydroxylation is 1. The summed E-state index contributed by atoms with van der Waals surface area (Å²) in [6.07, 6.45) is 0.901. The molecule has 1 aliphatic heterocycles. The van der Waals surface area contributed by atoms with Crippen molar-refractivity contribution in [2.45, 2.75) is 19.9 Å². The summed E-state index contributed by atoms with van der Waals surface area (Å²) in [6, 6.07) is 9.29. The van der Waals surface area contributed by atoms with Crippen molar-refractivity contribution in [3.8, 4) is 0 Å². The molecule has 0 aliphatic carbocycles. The van der Waals surface area contributed by atoms with Crippen molar-refractivity contribution in [2.75, 3.05) is 33.3 Å². The maximum atomic E-state index is 12.9. The van der Waals surface area contributed by atoms with Crippen LogP contribution >= 0.6 is 22.6 Å². The quantitative estimate of drug-likeness (QED) is 0.495. The predicted octanol–water partition coefficient (Wildman–Crippen LogP) is 3.33. The van der Waals surface area contributed by atoms with Crippen LogP contribution in [0.2, 0.25) is 0 Å². The largest absolute Gasteiger partial charge is 0.463 e. The van der Waals surface area contributed by atoms with Gasteiger partial charge in [0.2, 0.25) is 5.76 Å². The molecule has 0 radical (unpaired) electrons. The minimum atomic E-state index is -0.471. The first kappa shape index (κ1) is 19.9. The molecule has 0 bridgehead atoms. The Hall–Kier alpha value is -1.87. The van der Waals surface area contributed by atoms with Crippen molar-refractivity contribution in [2.24, 2.45) is 0 Å². The van der Waals surface area contributed by atoms with Crippen LogP contribution in [-0.4, -0.2) is 55.0 Å². The molecule has 27 heavy (non-hydrogen) atoms. The highest BCUT2D eigenvalue weighted by atomic mass is 127. The molecule has 7 heteroatoms. The summed E-state index contributed by atoms with van der Waals surface area (Å²) >= 11 is 2.25. The molecule has 0 atom stereocenters. The lowest BCUT2D eigenvalue weighted by atomic mass is 10.1. The van der Waals surface area contributed by atoms with Gasteiger partial charge in [0.05, 0.1) is 19.2 Å². The Morgan fingerprint density at radius 3 is 2.74 bits per heavy atom. The van der Waals surface area contributed by atoms with E-state index >= 15 is 0 Å². The normalized spacial score (nSPS) is 15.4. The summed E-state index contributed by atoms with van der Waals surface area (Å²) in [5.41, 5.74) is 1.90. The Morgan fingerprint density at radius 1 is 1.15 bits per heavy atom. The number of nitrogens with zero attached hydrogens (tertiary/aromatic N) is 2. The maximum Gasteiger partial charge on any atom is 0.373 e. The Kier molecular flexibility index (Phi) is 6.54. The van der Waals surface area contributed by atoms with Gasteiger partial charge in [-0.3, -0.25) is 9.69 Å². The van der Waals surface area contributed by atoms with E-state index in [-0.39, 0.29) is 11.7 Å². The van der Waals surface area contributed by atoms with E-state index in [1.165, 1.54) is 7.11 Å². The van der Waals surface area contributed by atoms with E-state index in [0.29, 0.717) is 13.1 Å². The third kappa shape index (κ3) is 4.70. The van der Waals surface area contributed by atoms with Crippen molar-refractivity contribution in [1.82, 2.24) is 9.80 Å². The number of benzene rings is 1. The van der Waals surface area contributed by atoms with Crippen LogP contribution in [-0.2, 0) is 11.3 Å². The van der Waals surface area contributed by atoms with E-state index in [9.17, 15) is 9.59 Å². The van der Waals surface area contributed by atoms with Gasteiger partial charge < -0.3 is 14.1 Å². The second kappa shape index (κ2) is 8.88. The molecule has 0 unspecified atom stereocenters. The molecule has 0 spiro atoms. The SMILES string of the molecule is COC(=O)c1ccc(CN2CCCN(C(=O)c3cccc(C)c3I)CC2)o1. The molecule has 0 N–H and O–H groups in total. The standard InChI is InChI=1S/C20H23IN2O4/c1-14-5-3-6-16(18(14)21)19(24)23-10-4-9-22(11-12-23)13-15-7-8-17(27-15)20(25)26-2/h3,5-8H,4,9-13H2,1-2H3. The molecule has 1 fully saturated rings. The smallest absolute Gasteiger partial charge is 0.373 e. The Bertz CT molecular complexity index is 833. The zero-order valence-electron chi connectivity index (χ0n) is 15.5. The fourth-order valence-electron chi connectivity index (χ4n) is 3.21. The molecule has 0 saturated carbocycles. The molecule has 1 aliphatic rings. The number of halogens is 1. The monoisotopic (exact) mass is 482 g/mol. The van der Waals surface area contributed by atoms with Gasteiger partial charge in [-0.1, -0.05) is 12.1 Å². The first-order valence-electron chi connectivity index (χ1n) is 8.93. The van der Waals surface area contributed by atoms with Gasteiger partial charge >= 0.3 is 5.97 Å². The van der Waals surface area contributed by atoms with Gasteiger partial charge in [0.25, 0.3) is 5.91 Å². The lowest BCUT2D eigenvalue weighted by Gasteiger charge is -2.22. The topological polar surface area (TPSA) is 63.0 Å². The molecule has 1 aromatic carbocycles. The zero-order valence-corrected chi connectivity index (χ0v) is 17.7. The van der Waals surface area contributed by atoms with Crippen LogP contribution in [0.1, 0.15) is 38.7 Å². The second-order valence-electron chi connectivity index (χ2n) is 6.62. The predicted molar refractivity (Wildman–Crippen MR) is 110 cm³/mol. The van der Waals surface area contributed by atoms with Crippen LogP contribution in [0.15, 0.2) is 34.7 Å². The van der Waals surface area contributed by atoms with E-state index in [0.717, 1.165) is 46.5 Å². The summed E-state index contributed by atoms with van der Waals surface area (Å²) in [7, 11) is 1.33. The van der Waals surface area contributed by atoms with E-state index < -0.39 is 5.97 Å². The minimum absolute atomic E-state index is 0.0935. The highest BCUT2D eigenvalue weighted by Gasteiger charge is 2.23. The molecule has 6 nitrogen and oxygen atoms in total. The van der Waals surface area contributed by atoms with Crippen LogP contribution < -0.4 is 0 Å². The minimum Gasteiger partial charge on any atom is -0.463 e. The highest BCUT2D eigenvalue weighted by Crippen LogP contribution is 2.20.